The quantitative estimate of drug-likeness (QED) is 0.147. The van der Waals surface area contributed by atoms with Crippen LogP contribution in [0.3, 0.4) is 0 Å². The number of nitrogens with zero attached hydrogens (tertiary/aromatic N) is 6. The van der Waals surface area contributed by atoms with Crippen molar-refractivity contribution >= 4 is 56.3 Å². The zero-order valence-corrected chi connectivity index (χ0v) is 27.0. The van der Waals surface area contributed by atoms with Crippen LogP contribution in [0.2, 0.25) is 5.28 Å². The second-order valence-corrected chi connectivity index (χ2v) is 12.2. The summed E-state index contributed by atoms with van der Waals surface area (Å²) in [5.41, 5.74) is 5.12. The summed E-state index contributed by atoms with van der Waals surface area (Å²) in [7, 11) is 3.33. The van der Waals surface area contributed by atoms with Crippen molar-refractivity contribution in [2.75, 3.05) is 30.6 Å². The molecule has 8 nitrogen and oxygen atoms in total. The van der Waals surface area contributed by atoms with E-state index < -0.39 is 5.82 Å². The van der Waals surface area contributed by atoms with Crippen molar-refractivity contribution in [3.8, 4) is 11.5 Å². The minimum Gasteiger partial charge on any atom is -0.497 e. The van der Waals surface area contributed by atoms with Gasteiger partial charge in [-0.05, 0) is 81.0 Å². The monoisotopic (exact) mass is 686 g/mol. The minimum atomic E-state index is -0.463. The SMILES string of the molecule is COc1ccc(CN(Cc2ccc(OC)cc2)c2ncccc2CN2CCC3N=Cc4c(Br)c(F)c5nc(Cl)nc2c5c43)cc1. The molecule has 1 atom stereocenters. The van der Waals surface area contributed by atoms with Crippen molar-refractivity contribution in [3.05, 3.63) is 110 Å². The van der Waals surface area contributed by atoms with Crippen molar-refractivity contribution in [2.45, 2.75) is 32.1 Å². The topological polar surface area (TPSA) is 76.0 Å². The Morgan fingerprint density at radius 2 is 1.64 bits per heavy atom. The predicted molar refractivity (Wildman–Crippen MR) is 178 cm³/mol. The third-order valence-electron chi connectivity index (χ3n) is 8.34. The summed E-state index contributed by atoms with van der Waals surface area (Å²) >= 11 is 9.85. The van der Waals surface area contributed by atoms with Gasteiger partial charge in [0.2, 0.25) is 5.28 Å². The van der Waals surface area contributed by atoms with Crippen LogP contribution in [0.25, 0.3) is 10.9 Å². The molecule has 0 radical (unpaired) electrons. The van der Waals surface area contributed by atoms with E-state index in [0.29, 0.717) is 41.9 Å². The molecule has 0 saturated carbocycles. The Bertz CT molecular complexity index is 1870. The molecule has 0 saturated heterocycles. The average molecular weight is 688 g/mol. The maximum Gasteiger partial charge on any atom is 0.225 e. The number of aromatic nitrogens is 3. The molecule has 3 aromatic carbocycles. The fourth-order valence-electron chi connectivity index (χ4n) is 6.15. The maximum atomic E-state index is 15.6. The zero-order chi connectivity index (χ0) is 31.1. The summed E-state index contributed by atoms with van der Waals surface area (Å²) in [6.07, 6.45) is 4.30. The Hall–Kier alpha value is -4.28. The molecule has 0 amide bonds. The van der Waals surface area contributed by atoms with E-state index in [-0.39, 0.29) is 16.8 Å². The van der Waals surface area contributed by atoms with Crippen LogP contribution in [-0.2, 0) is 19.6 Å². The molecule has 2 aromatic heterocycles. The molecular weight excluding hydrogens is 659 g/mol. The van der Waals surface area contributed by atoms with Crippen LogP contribution in [0.5, 0.6) is 11.5 Å². The highest BCUT2D eigenvalue weighted by Crippen LogP contribution is 2.46. The largest absolute Gasteiger partial charge is 0.497 e. The summed E-state index contributed by atoms with van der Waals surface area (Å²) in [5.74, 6) is 2.59. The third kappa shape index (κ3) is 5.57. The molecule has 4 heterocycles. The van der Waals surface area contributed by atoms with Crippen molar-refractivity contribution in [1.29, 1.82) is 0 Å². The van der Waals surface area contributed by atoms with Gasteiger partial charge in [0.05, 0.1) is 30.1 Å². The summed E-state index contributed by atoms with van der Waals surface area (Å²) < 4.78 is 26.7. The average Bonchev–Trinajstić information content (AvgIpc) is 3.43. The zero-order valence-electron chi connectivity index (χ0n) is 24.7. The van der Waals surface area contributed by atoms with E-state index in [1.807, 2.05) is 36.5 Å². The minimum absolute atomic E-state index is 0.00216. The van der Waals surface area contributed by atoms with Gasteiger partial charge in [-0.1, -0.05) is 30.3 Å². The Morgan fingerprint density at radius 3 is 2.29 bits per heavy atom. The van der Waals surface area contributed by atoms with Gasteiger partial charge in [-0.2, -0.15) is 4.98 Å². The van der Waals surface area contributed by atoms with E-state index in [4.69, 9.17) is 31.1 Å². The normalized spacial score (nSPS) is 15.0. The number of hydrogen-bond acceptors (Lipinski definition) is 8. The molecule has 0 bridgehead atoms. The molecular formula is C34H29BrClFN6O2. The van der Waals surface area contributed by atoms with E-state index in [1.54, 1.807) is 20.4 Å². The standard InChI is InChI=1S/C34H29BrClFN6O2/c1-44-23-9-5-20(6-10-23)17-43(18-21-7-11-24(45-2)12-8-21)32-22(4-3-14-38-32)19-42-15-13-26-27-25(16-39-26)29(35)30(37)31-28(27)33(42)41-34(36)40-31/h3-12,14,16,26H,13,15,17-19H2,1-2H3. The Kier molecular flexibility index (Phi) is 8.01. The first kappa shape index (κ1) is 29.4. The van der Waals surface area contributed by atoms with Gasteiger partial charge in [0.1, 0.15) is 28.7 Å². The lowest BCUT2D eigenvalue weighted by atomic mass is 9.98. The molecule has 0 aliphatic carbocycles. The number of benzene rings is 3. The number of methoxy groups -OCH3 is 2. The molecule has 2 aliphatic rings. The van der Waals surface area contributed by atoms with Crippen LogP contribution in [0.1, 0.15) is 40.3 Å². The lowest BCUT2D eigenvalue weighted by molar-refractivity contribution is 0.414. The molecule has 11 heteroatoms. The lowest BCUT2D eigenvalue weighted by Crippen LogP contribution is -2.29. The molecule has 1 unspecified atom stereocenters. The van der Waals surface area contributed by atoms with E-state index in [2.05, 4.69) is 66.0 Å². The van der Waals surface area contributed by atoms with Crippen LogP contribution in [0, 0.1) is 5.82 Å². The molecule has 228 valence electrons. The lowest BCUT2D eigenvalue weighted by Gasteiger charge is -2.29. The number of anilines is 2. The van der Waals surface area contributed by atoms with E-state index >= 15 is 4.39 Å². The molecule has 7 rings (SSSR count). The van der Waals surface area contributed by atoms with Crippen LogP contribution in [-0.4, -0.2) is 41.9 Å². The van der Waals surface area contributed by atoms with Gasteiger partial charge in [0.15, 0.2) is 5.82 Å². The number of hydrogen-bond donors (Lipinski definition) is 0. The summed E-state index contributed by atoms with van der Waals surface area (Å²) in [6, 6.07) is 20.0. The summed E-state index contributed by atoms with van der Waals surface area (Å²) in [5, 5.41) is 0.659. The van der Waals surface area contributed by atoms with Gasteiger partial charge < -0.3 is 19.3 Å². The van der Waals surface area contributed by atoms with Crippen LogP contribution >= 0.6 is 27.5 Å². The van der Waals surface area contributed by atoms with Crippen LogP contribution in [0.4, 0.5) is 16.0 Å². The first-order valence-electron chi connectivity index (χ1n) is 14.5. The van der Waals surface area contributed by atoms with Gasteiger partial charge >= 0.3 is 0 Å². The first-order valence-corrected chi connectivity index (χ1v) is 15.7. The van der Waals surface area contributed by atoms with Crippen molar-refractivity contribution in [1.82, 2.24) is 15.0 Å². The van der Waals surface area contributed by atoms with Crippen molar-refractivity contribution < 1.29 is 13.9 Å². The van der Waals surface area contributed by atoms with Crippen LogP contribution < -0.4 is 19.3 Å². The molecule has 0 N–H and O–H groups in total. The Morgan fingerprint density at radius 1 is 0.978 bits per heavy atom. The number of rotatable bonds is 9. The van der Waals surface area contributed by atoms with Crippen molar-refractivity contribution in [2.24, 2.45) is 4.99 Å². The predicted octanol–water partition coefficient (Wildman–Crippen LogP) is 7.69. The second kappa shape index (κ2) is 12.3. The fraction of sp³-hybridized carbons (Fsp3) is 0.235. The highest BCUT2D eigenvalue weighted by Gasteiger charge is 2.34. The van der Waals surface area contributed by atoms with Crippen LogP contribution in [0.15, 0.2) is 76.3 Å². The Balaban J connectivity index is 1.29. The second-order valence-electron chi connectivity index (χ2n) is 11.0. The fourth-order valence-corrected chi connectivity index (χ4v) is 6.82. The number of pyridine rings is 1. The first-order chi connectivity index (χ1) is 21.9. The number of aliphatic imine (C=N–C) groups is 1. The smallest absolute Gasteiger partial charge is 0.225 e. The summed E-state index contributed by atoms with van der Waals surface area (Å²) in [6.45, 7) is 2.36. The molecule has 45 heavy (non-hydrogen) atoms. The highest BCUT2D eigenvalue weighted by molar-refractivity contribution is 9.10. The van der Waals surface area contributed by atoms with Gasteiger partial charge in [-0.25, -0.2) is 14.4 Å². The molecule has 2 aliphatic heterocycles. The van der Waals surface area contributed by atoms with Gasteiger partial charge in [0, 0.05) is 49.7 Å². The van der Waals surface area contributed by atoms with Gasteiger partial charge in [-0.15, -0.1) is 0 Å². The van der Waals surface area contributed by atoms with Gasteiger partial charge in [-0.3, -0.25) is 4.99 Å². The highest BCUT2D eigenvalue weighted by atomic mass is 79.9. The maximum absolute atomic E-state index is 15.6. The molecule has 5 aromatic rings. The van der Waals surface area contributed by atoms with E-state index in [9.17, 15) is 0 Å². The van der Waals surface area contributed by atoms with Gasteiger partial charge in [0.25, 0.3) is 0 Å². The number of ether oxygens (including phenoxy) is 2. The Labute approximate surface area is 273 Å². The molecule has 0 fully saturated rings. The van der Waals surface area contributed by atoms with Crippen molar-refractivity contribution in [3.63, 3.8) is 0 Å². The summed E-state index contributed by atoms with van der Waals surface area (Å²) in [4.78, 5) is 23.0. The van der Waals surface area contributed by atoms with E-state index in [1.165, 1.54) is 0 Å². The molecule has 0 spiro atoms. The third-order valence-corrected chi connectivity index (χ3v) is 9.29. The van der Waals surface area contributed by atoms with E-state index in [0.717, 1.165) is 51.6 Å². The number of halogens is 3.